The normalized spacial score (nSPS) is 14.5. The third kappa shape index (κ3) is 4.11. The van der Waals surface area contributed by atoms with Crippen LogP contribution >= 0.6 is 0 Å². The van der Waals surface area contributed by atoms with Crippen molar-refractivity contribution in [1.82, 2.24) is 14.8 Å². The fraction of sp³-hybridized carbons (Fsp3) is 0.421. The van der Waals surface area contributed by atoms with E-state index in [4.69, 9.17) is 10.5 Å². The highest BCUT2D eigenvalue weighted by atomic mass is 16.5. The molecule has 2 atom stereocenters. The first-order valence-electron chi connectivity index (χ1n) is 8.65. The Balaban J connectivity index is 2.35. The minimum absolute atomic E-state index is 0.0633. The zero-order chi connectivity index (χ0) is 19.3. The fourth-order valence-electron chi connectivity index (χ4n) is 2.77. The highest BCUT2D eigenvalue weighted by molar-refractivity contribution is 5.94. The molecule has 1 aromatic heterocycles. The lowest BCUT2D eigenvalue weighted by Crippen LogP contribution is -2.27. The molecule has 0 aliphatic rings. The largest absolute Gasteiger partial charge is 0.437 e. The summed E-state index contributed by atoms with van der Waals surface area (Å²) in [6, 6.07) is 7.70. The molecular weight excluding hydrogens is 328 g/mol. The first-order valence-corrected chi connectivity index (χ1v) is 8.65. The number of rotatable bonds is 6. The molecule has 140 valence electrons. The van der Waals surface area contributed by atoms with Gasteiger partial charge in [0.1, 0.15) is 17.6 Å². The van der Waals surface area contributed by atoms with E-state index in [-0.39, 0.29) is 12.2 Å². The Morgan fingerprint density at radius 3 is 2.69 bits per heavy atom. The molecular formula is C19H28N6O. The van der Waals surface area contributed by atoms with Crippen molar-refractivity contribution < 1.29 is 4.74 Å². The summed E-state index contributed by atoms with van der Waals surface area (Å²) in [5, 5.41) is 10.5. The lowest BCUT2D eigenvalue weighted by Gasteiger charge is -2.24. The highest BCUT2D eigenvalue weighted by Gasteiger charge is 2.19. The number of nitrogens with zero attached hydrogens (tertiary/aromatic N) is 5. The molecule has 2 unspecified atom stereocenters. The van der Waals surface area contributed by atoms with Crippen LogP contribution in [-0.2, 0) is 0 Å². The molecule has 26 heavy (non-hydrogen) atoms. The quantitative estimate of drug-likeness (QED) is 0.490. The zero-order valence-electron chi connectivity index (χ0n) is 16.3. The van der Waals surface area contributed by atoms with Crippen LogP contribution in [0.4, 0.5) is 0 Å². The van der Waals surface area contributed by atoms with Gasteiger partial charge in [-0.25, -0.2) is 4.68 Å². The molecule has 0 amide bonds. The molecule has 2 aromatic rings. The predicted octanol–water partition coefficient (Wildman–Crippen LogP) is 3.12. The first-order chi connectivity index (χ1) is 12.4. The van der Waals surface area contributed by atoms with Gasteiger partial charge in [-0.1, -0.05) is 12.1 Å². The molecule has 0 bridgehead atoms. The van der Waals surface area contributed by atoms with E-state index in [0.29, 0.717) is 5.90 Å². The first kappa shape index (κ1) is 19.7. The van der Waals surface area contributed by atoms with Gasteiger partial charge in [-0.3, -0.25) is 10.0 Å². The summed E-state index contributed by atoms with van der Waals surface area (Å²) in [5.74, 6) is 1.23. The van der Waals surface area contributed by atoms with Crippen LogP contribution in [0.1, 0.15) is 49.8 Å². The van der Waals surface area contributed by atoms with Crippen LogP contribution < -0.4 is 10.5 Å². The Morgan fingerprint density at radius 1 is 1.35 bits per heavy atom. The van der Waals surface area contributed by atoms with Crippen molar-refractivity contribution in [1.29, 1.82) is 0 Å². The van der Waals surface area contributed by atoms with Gasteiger partial charge in [0.2, 0.25) is 5.90 Å². The number of hydrazone groups is 1. The van der Waals surface area contributed by atoms with E-state index in [2.05, 4.69) is 15.2 Å². The second-order valence-electron chi connectivity index (χ2n) is 6.13. The third-order valence-electron chi connectivity index (χ3n) is 4.31. The smallest absolute Gasteiger partial charge is 0.240 e. The molecule has 2 rings (SSSR count). The van der Waals surface area contributed by atoms with Gasteiger partial charge in [-0.05, 0) is 51.0 Å². The summed E-state index contributed by atoms with van der Waals surface area (Å²) in [4.78, 5) is 4.34. The lowest BCUT2D eigenvalue weighted by atomic mass is 10.0. The molecule has 0 fully saturated rings. The molecule has 0 aliphatic heterocycles. The molecule has 0 saturated heterocycles. The third-order valence-corrected chi connectivity index (χ3v) is 4.31. The van der Waals surface area contributed by atoms with E-state index in [1.54, 1.807) is 19.5 Å². The summed E-state index contributed by atoms with van der Waals surface area (Å²) in [6.45, 7) is 7.86. The van der Waals surface area contributed by atoms with Crippen LogP contribution in [-0.4, -0.2) is 41.0 Å². The van der Waals surface area contributed by atoms with Crippen LogP contribution in [0.25, 0.3) is 0 Å². The predicted molar refractivity (Wildman–Crippen MR) is 106 cm³/mol. The standard InChI is InChI=1S/C19H28N6O/c1-7-22-24(6)15(4)25-17(11-12-23-25)19(21-5)26-18-10-8-9-16(13(18)2)14(3)20/h7-12,14-15H,20H2,1-6H3/b21-19?,22-7-. The molecule has 2 N–H and O–H groups in total. The summed E-state index contributed by atoms with van der Waals surface area (Å²) in [5.41, 5.74) is 8.89. The van der Waals surface area contributed by atoms with E-state index in [1.807, 2.05) is 68.7 Å². The second kappa shape index (κ2) is 8.62. The molecule has 7 heteroatoms. The topological polar surface area (TPSA) is 81.0 Å². The average molecular weight is 356 g/mol. The molecule has 0 aliphatic carbocycles. The Bertz CT molecular complexity index is 793. The van der Waals surface area contributed by atoms with Gasteiger partial charge in [0.15, 0.2) is 0 Å². The second-order valence-corrected chi connectivity index (χ2v) is 6.13. The van der Waals surface area contributed by atoms with E-state index in [1.165, 1.54) is 0 Å². The van der Waals surface area contributed by atoms with Crippen LogP contribution in [0, 0.1) is 6.92 Å². The minimum Gasteiger partial charge on any atom is -0.437 e. The highest BCUT2D eigenvalue weighted by Crippen LogP contribution is 2.26. The number of aliphatic imine (C=N–C) groups is 1. The van der Waals surface area contributed by atoms with Crippen molar-refractivity contribution in [2.45, 2.75) is 39.9 Å². The van der Waals surface area contributed by atoms with E-state index < -0.39 is 0 Å². The van der Waals surface area contributed by atoms with Crippen LogP contribution in [0.3, 0.4) is 0 Å². The minimum atomic E-state index is -0.0898. The van der Waals surface area contributed by atoms with Crippen molar-refractivity contribution in [2.75, 3.05) is 14.1 Å². The summed E-state index contributed by atoms with van der Waals surface area (Å²) >= 11 is 0. The zero-order valence-corrected chi connectivity index (χ0v) is 16.3. The molecule has 1 aromatic carbocycles. The van der Waals surface area contributed by atoms with Gasteiger partial charge in [0.25, 0.3) is 0 Å². The van der Waals surface area contributed by atoms with Crippen LogP contribution in [0.15, 0.2) is 40.6 Å². The van der Waals surface area contributed by atoms with Crippen LogP contribution in [0.5, 0.6) is 5.75 Å². The number of aromatic nitrogens is 2. The SMILES string of the molecule is C/C=N\N(C)C(C)n1nccc1C(=NC)Oc1cccc(C(C)N)c1C. The summed E-state index contributed by atoms with van der Waals surface area (Å²) < 4.78 is 7.97. The van der Waals surface area contributed by atoms with E-state index in [0.717, 1.165) is 22.6 Å². The number of benzene rings is 1. The van der Waals surface area contributed by atoms with Gasteiger partial charge in [0.05, 0.1) is 0 Å². The maximum absolute atomic E-state index is 6.14. The molecule has 0 saturated carbocycles. The maximum atomic E-state index is 6.14. The number of hydrogen-bond acceptors (Lipinski definition) is 6. The lowest BCUT2D eigenvalue weighted by molar-refractivity contribution is 0.187. The van der Waals surface area contributed by atoms with Gasteiger partial charge in [-0.2, -0.15) is 10.2 Å². The Morgan fingerprint density at radius 2 is 2.08 bits per heavy atom. The molecule has 1 heterocycles. The summed E-state index contributed by atoms with van der Waals surface area (Å²) in [7, 11) is 3.60. The van der Waals surface area contributed by atoms with Crippen molar-refractivity contribution in [3.63, 3.8) is 0 Å². The van der Waals surface area contributed by atoms with Gasteiger partial charge in [-0.15, -0.1) is 0 Å². The van der Waals surface area contributed by atoms with Gasteiger partial charge in [0, 0.05) is 32.5 Å². The summed E-state index contributed by atoms with van der Waals surface area (Å²) in [6.07, 6.45) is 3.39. The van der Waals surface area contributed by atoms with Gasteiger partial charge < -0.3 is 10.5 Å². The van der Waals surface area contributed by atoms with Crippen molar-refractivity contribution >= 4 is 12.1 Å². The van der Waals surface area contributed by atoms with Crippen molar-refractivity contribution in [2.24, 2.45) is 15.8 Å². The Hall–Kier alpha value is -2.67. The number of nitrogens with two attached hydrogens (primary N) is 1. The van der Waals surface area contributed by atoms with Gasteiger partial charge >= 0.3 is 0 Å². The fourth-order valence-corrected chi connectivity index (χ4v) is 2.77. The molecule has 7 nitrogen and oxygen atoms in total. The average Bonchev–Trinajstić information content (AvgIpc) is 3.09. The molecule has 0 radical (unpaired) electrons. The number of hydrogen-bond donors (Lipinski definition) is 1. The maximum Gasteiger partial charge on any atom is 0.240 e. The Kier molecular flexibility index (Phi) is 6.52. The van der Waals surface area contributed by atoms with Crippen LogP contribution in [0.2, 0.25) is 0 Å². The molecule has 0 spiro atoms. The monoisotopic (exact) mass is 356 g/mol. The Labute approximate surface area is 155 Å². The van der Waals surface area contributed by atoms with Crippen molar-refractivity contribution in [3.05, 3.63) is 47.3 Å². The van der Waals surface area contributed by atoms with E-state index >= 15 is 0 Å². The van der Waals surface area contributed by atoms with Crippen molar-refractivity contribution in [3.8, 4) is 5.75 Å². The van der Waals surface area contributed by atoms with E-state index in [9.17, 15) is 0 Å². The number of ether oxygens (including phenoxy) is 1.